The lowest BCUT2D eigenvalue weighted by atomic mass is 9.97. The van der Waals surface area contributed by atoms with Gasteiger partial charge in [0.2, 0.25) is 5.91 Å². The van der Waals surface area contributed by atoms with Crippen molar-refractivity contribution >= 4 is 11.9 Å². The van der Waals surface area contributed by atoms with Crippen LogP contribution in [0.15, 0.2) is 0 Å². The summed E-state index contributed by atoms with van der Waals surface area (Å²) < 4.78 is 5.48. The highest BCUT2D eigenvalue weighted by atomic mass is 16.5. The van der Waals surface area contributed by atoms with Crippen LogP contribution in [0.4, 0.5) is 0 Å². The fraction of sp³-hybridized carbons (Fsp3) is 0.857. The molecule has 2 atom stereocenters. The topological polar surface area (TPSA) is 75.6 Å². The quantitative estimate of drug-likeness (QED) is 0.744. The van der Waals surface area contributed by atoms with E-state index in [1.807, 2.05) is 34.6 Å². The predicted octanol–water partition coefficient (Wildman–Crippen LogP) is 2.05. The standard InChI is InChI=1S/C14H27NO4/c1-9(2)10(3)12(16)15-11(13(17)18)7-8-19-14(4,5)6/h9-11H,7-8H2,1-6H3,(H,15,16)(H,17,18). The molecule has 112 valence electrons. The number of rotatable bonds is 7. The second-order valence-corrected chi connectivity index (χ2v) is 6.18. The van der Waals surface area contributed by atoms with Crippen LogP contribution in [0.3, 0.4) is 0 Å². The van der Waals surface area contributed by atoms with Crippen LogP contribution in [0, 0.1) is 11.8 Å². The van der Waals surface area contributed by atoms with Gasteiger partial charge >= 0.3 is 5.97 Å². The van der Waals surface area contributed by atoms with Crippen LogP contribution in [-0.4, -0.2) is 35.2 Å². The summed E-state index contributed by atoms with van der Waals surface area (Å²) in [6.07, 6.45) is 0.267. The lowest BCUT2D eigenvalue weighted by Gasteiger charge is -2.23. The highest BCUT2D eigenvalue weighted by molar-refractivity contribution is 5.84. The third kappa shape index (κ3) is 7.82. The molecule has 0 saturated carbocycles. The maximum atomic E-state index is 11.8. The minimum atomic E-state index is -1.03. The molecule has 0 rings (SSSR count). The van der Waals surface area contributed by atoms with Gasteiger partial charge in [0, 0.05) is 18.9 Å². The summed E-state index contributed by atoms with van der Waals surface area (Å²) in [4.78, 5) is 23.0. The number of carbonyl (C=O) groups is 2. The van der Waals surface area contributed by atoms with E-state index in [0.717, 1.165) is 0 Å². The van der Waals surface area contributed by atoms with E-state index < -0.39 is 12.0 Å². The summed E-state index contributed by atoms with van der Waals surface area (Å²) in [5.41, 5.74) is -0.307. The molecule has 0 saturated heterocycles. The lowest BCUT2D eigenvalue weighted by Crippen LogP contribution is -2.45. The Kier molecular flexibility index (Phi) is 7.05. The Labute approximate surface area is 115 Å². The Hall–Kier alpha value is -1.10. The first-order valence-electron chi connectivity index (χ1n) is 6.71. The van der Waals surface area contributed by atoms with Crippen molar-refractivity contribution in [2.24, 2.45) is 11.8 Å². The summed E-state index contributed by atoms with van der Waals surface area (Å²) in [5, 5.41) is 11.7. The summed E-state index contributed by atoms with van der Waals surface area (Å²) in [7, 11) is 0. The van der Waals surface area contributed by atoms with Crippen molar-refractivity contribution in [1.82, 2.24) is 5.32 Å². The Balaban J connectivity index is 4.35. The molecule has 2 unspecified atom stereocenters. The Morgan fingerprint density at radius 1 is 1.21 bits per heavy atom. The van der Waals surface area contributed by atoms with Crippen molar-refractivity contribution in [3.05, 3.63) is 0 Å². The summed E-state index contributed by atoms with van der Waals surface area (Å²) in [5.74, 6) is -1.27. The van der Waals surface area contributed by atoms with Gasteiger partial charge in [-0.05, 0) is 26.7 Å². The second-order valence-electron chi connectivity index (χ2n) is 6.18. The largest absolute Gasteiger partial charge is 0.480 e. The number of ether oxygens (including phenoxy) is 1. The number of nitrogens with one attached hydrogen (secondary N) is 1. The zero-order valence-electron chi connectivity index (χ0n) is 12.8. The summed E-state index contributed by atoms with van der Waals surface area (Å²) >= 11 is 0. The zero-order chi connectivity index (χ0) is 15.2. The van der Waals surface area contributed by atoms with Crippen molar-refractivity contribution in [2.45, 2.75) is 59.6 Å². The minimum Gasteiger partial charge on any atom is -0.480 e. The van der Waals surface area contributed by atoms with E-state index >= 15 is 0 Å². The normalized spacial score (nSPS) is 15.1. The molecule has 2 N–H and O–H groups in total. The molecule has 5 heteroatoms. The molecule has 0 aliphatic rings. The van der Waals surface area contributed by atoms with E-state index in [4.69, 9.17) is 9.84 Å². The number of carbonyl (C=O) groups excluding carboxylic acids is 1. The third-order valence-electron chi connectivity index (χ3n) is 2.97. The van der Waals surface area contributed by atoms with Crippen LogP contribution in [0.25, 0.3) is 0 Å². The van der Waals surface area contributed by atoms with E-state index in [1.54, 1.807) is 6.92 Å². The second kappa shape index (κ2) is 7.48. The van der Waals surface area contributed by atoms with E-state index in [-0.39, 0.29) is 29.8 Å². The molecule has 0 bridgehead atoms. The molecule has 0 radical (unpaired) electrons. The average molecular weight is 273 g/mol. The molecule has 0 aromatic heterocycles. The van der Waals surface area contributed by atoms with Crippen LogP contribution < -0.4 is 5.32 Å². The number of hydrogen-bond acceptors (Lipinski definition) is 3. The maximum Gasteiger partial charge on any atom is 0.326 e. The van der Waals surface area contributed by atoms with Crippen molar-refractivity contribution in [3.63, 3.8) is 0 Å². The number of aliphatic carboxylic acids is 1. The molecule has 0 heterocycles. The molecule has 0 spiro atoms. The zero-order valence-corrected chi connectivity index (χ0v) is 12.8. The SMILES string of the molecule is CC(C)C(C)C(=O)NC(CCOC(C)(C)C)C(=O)O. The number of hydrogen-bond donors (Lipinski definition) is 2. The Morgan fingerprint density at radius 3 is 2.11 bits per heavy atom. The van der Waals surface area contributed by atoms with Gasteiger partial charge in [0.25, 0.3) is 0 Å². The van der Waals surface area contributed by atoms with Crippen molar-refractivity contribution in [1.29, 1.82) is 0 Å². The van der Waals surface area contributed by atoms with Gasteiger partial charge in [0.05, 0.1) is 5.60 Å². The minimum absolute atomic E-state index is 0.181. The Bertz CT molecular complexity index is 307. The number of carboxylic acids is 1. The van der Waals surface area contributed by atoms with Crippen LogP contribution >= 0.6 is 0 Å². The number of amides is 1. The predicted molar refractivity (Wildman–Crippen MR) is 73.9 cm³/mol. The van der Waals surface area contributed by atoms with Gasteiger partial charge < -0.3 is 15.2 Å². The van der Waals surface area contributed by atoms with Gasteiger partial charge in [-0.2, -0.15) is 0 Å². The third-order valence-corrected chi connectivity index (χ3v) is 2.97. The summed E-state index contributed by atoms with van der Waals surface area (Å²) in [6, 6.07) is -0.893. The molecule has 0 fully saturated rings. The molecular weight excluding hydrogens is 246 g/mol. The molecule has 0 aliphatic carbocycles. The average Bonchev–Trinajstić information content (AvgIpc) is 2.24. The van der Waals surface area contributed by atoms with Crippen LogP contribution in [0.2, 0.25) is 0 Å². The van der Waals surface area contributed by atoms with E-state index in [1.165, 1.54) is 0 Å². The fourth-order valence-corrected chi connectivity index (χ4v) is 1.35. The highest BCUT2D eigenvalue weighted by Gasteiger charge is 2.24. The van der Waals surface area contributed by atoms with Gasteiger partial charge in [0.15, 0.2) is 0 Å². The monoisotopic (exact) mass is 273 g/mol. The van der Waals surface area contributed by atoms with Gasteiger partial charge in [-0.25, -0.2) is 4.79 Å². The van der Waals surface area contributed by atoms with Gasteiger partial charge in [-0.15, -0.1) is 0 Å². The van der Waals surface area contributed by atoms with Crippen LogP contribution in [-0.2, 0) is 14.3 Å². The van der Waals surface area contributed by atoms with Gasteiger partial charge in [0.1, 0.15) is 6.04 Å². The lowest BCUT2D eigenvalue weighted by molar-refractivity contribution is -0.143. The van der Waals surface area contributed by atoms with Crippen molar-refractivity contribution in [3.8, 4) is 0 Å². The van der Waals surface area contributed by atoms with E-state index in [9.17, 15) is 9.59 Å². The first-order chi connectivity index (χ1) is 8.54. The molecule has 0 aliphatic heterocycles. The van der Waals surface area contributed by atoms with Gasteiger partial charge in [-0.3, -0.25) is 4.79 Å². The molecule has 5 nitrogen and oxygen atoms in total. The maximum absolute atomic E-state index is 11.8. The highest BCUT2D eigenvalue weighted by Crippen LogP contribution is 2.11. The molecule has 0 aromatic carbocycles. The molecule has 1 amide bonds. The van der Waals surface area contributed by atoms with Crippen LogP contribution in [0.5, 0.6) is 0 Å². The van der Waals surface area contributed by atoms with Crippen molar-refractivity contribution in [2.75, 3.05) is 6.61 Å². The summed E-state index contributed by atoms with van der Waals surface area (Å²) in [6.45, 7) is 11.7. The van der Waals surface area contributed by atoms with Gasteiger partial charge in [-0.1, -0.05) is 20.8 Å². The fourth-order valence-electron chi connectivity index (χ4n) is 1.35. The van der Waals surface area contributed by atoms with Crippen LogP contribution in [0.1, 0.15) is 48.0 Å². The number of carboxylic acid groups (broad SMARTS) is 1. The smallest absolute Gasteiger partial charge is 0.326 e. The molecule has 19 heavy (non-hydrogen) atoms. The molecular formula is C14H27NO4. The van der Waals surface area contributed by atoms with E-state index in [2.05, 4.69) is 5.32 Å². The van der Waals surface area contributed by atoms with E-state index in [0.29, 0.717) is 6.61 Å². The molecule has 0 aromatic rings. The first-order valence-corrected chi connectivity index (χ1v) is 6.71. The van der Waals surface area contributed by atoms with Crippen molar-refractivity contribution < 1.29 is 19.4 Å². The Morgan fingerprint density at radius 2 is 1.74 bits per heavy atom. The first kappa shape index (κ1) is 17.9.